The molecule has 0 saturated carbocycles. The summed E-state index contributed by atoms with van der Waals surface area (Å²) < 4.78 is 4.61. The maximum atomic E-state index is 5.63. The summed E-state index contributed by atoms with van der Waals surface area (Å²) in [6, 6.07) is 0.0659. The van der Waals surface area contributed by atoms with Gasteiger partial charge in [0.2, 0.25) is 6.39 Å². The Labute approximate surface area is 82.6 Å². The van der Waals surface area contributed by atoms with Crippen molar-refractivity contribution in [3.05, 3.63) is 12.2 Å². The van der Waals surface area contributed by atoms with E-state index in [-0.39, 0.29) is 12.1 Å². The maximum absolute atomic E-state index is 5.63. The number of aromatic nitrogens is 2. The Morgan fingerprint density at radius 2 is 2.29 bits per heavy atom. The fourth-order valence-corrected chi connectivity index (χ4v) is 0.962. The number of hydrogen-bond acceptors (Lipinski definition) is 4. The largest absolute Gasteiger partial charge is 0.370 e. The first-order valence-corrected chi connectivity index (χ1v) is 4.45. The van der Waals surface area contributed by atoms with Crippen LogP contribution in [0.3, 0.4) is 0 Å². The summed E-state index contributed by atoms with van der Waals surface area (Å²) in [5.74, 6) is 0.913. The van der Waals surface area contributed by atoms with Crippen molar-refractivity contribution in [2.45, 2.75) is 32.9 Å². The highest BCUT2D eigenvalue weighted by molar-refractivity contribution is 5.78. The van der Waals surface area contributed by atoms with Crippen molar-refractivity contribution in [2.24, 2.45) is 10.7 Å². The molecule has 1 aromatic heterocycles. The molecule has 6 heteroatoms. The molecule has 1 rings (SSSR count). The fourth-order valence-electron chi connectivity index (χ4n) is 0.962. The molecule has 0 saturated heterocycles. The molecule has 1 aromatic rings. The topological polar surface area (TPSA) is 89.3 Å². The molecule has 78 valence electrons. The monoisotopic (exact) mass is 197 g/mol. The van der Waals surface area contributed by atoms with Crippen molar-refractivity contribution in [3.8, 4) is 0 Å². The van der Waals surface area contributed by atoms with Gasteiger partial charge in [0.05, 0.1) is 0 Å². The van der Waals surface area contributed by atoms with Gasteiger partial charge in [0, 0.05) is 6.04 Å². The molecule has 0 spiro atoms. The normalized spacial score (nSPS) is 14.4. The quantitative estimate of drug-likeness (QED) is 0.542. The highest BCUT2D eigenvalue weighted by Gasteiger charge is 2.09. The van der Waals surface area contributed by atoms with Crippen LogP contribution in [0.5, 0.6) is 0 Å². The van der Waals surface area contributed by atoms with E-state index in [1.165, 1.54) is 6.39 Å². The van der Waals surface area contributed by atoms with E-state index >= 15 is 0 Å². The lowest BCUT2D eigenvalue weighted by Gasteiger charge is -2.09. The van der Waals surface area contributed by atoms with E-state index in [4.69, 9.17) is 5.73 Å². The molecule has 0 radical (unpaired) electrons. The smallest absolute Gasteiger partial charge is 0.213 e. The van der Waals surface area contributed by atoms with Gasteiger partial charge < -0.3 is 15.6 Å². The van der Waals surface area contributed by atoms with Gasteiger partial charge in [-0.1, -0.05) is 5.16 Å². The van der Waals surface area contributed by atoms with Crippen LogP contribution in [0.1, 0.15) is 32.6 Å². The van der Waals surface area contributed by atoms with Gasteiger partial charge in [-0.3, -0.25) is 0 Å². The van der Waals surface area contributed by atoms with Crippen LogP contribution in [0.15, 0.2) is 15.9 Å². The van der Waals surface area contributed by atoms with Crippen molar-refractivity contribution in [1.29, 1.82) is 0 Å². The lowest BCUT2D eigenvalue weighted by atomic mass is 10.3. The third-order valence-electron chi connectivity index (χ3n) is 1.52. The van der Waals surface area contributed by atoms with Gasteiger partial charge in [0.25, 0.3) is 0 Å². The fraction of sp³-hybridized carbons (Fsp3) is 0.625. The Kier molecular flexibility index (Phi) is 3.44. The highest BCUT2D eigenvalue weighted by atomic mass is 16.5. The first-order valence-electron chi connectivity index (χ1n) is 4.45. The lowest BCUT2D eigenvalue weighted by Crippen LogP contribution is -2.37. The molecule has 0 aliphatic rings. The number of rotatable bonds is 3. The lowest BCUT2D eigenvalue weighted by molar-refractivity contribution is 0.406. The van der Waals surface area contributed by atoms with E-state index in [0.717, 1.165) is 0 Å². The second-order valence-corrected chi connectivity index (χ2v) is 3.28. The first kappa shape index (κ1) is 10.5. The Bertz CT molecular complexity index is 293. The van der Waals surface area contributed by atoms with E-state index in [9.17, 15) is 0 Å². The van der Waals surface area contributed by atoms with Crippen LogP contribution in [-0.2, 0) is 0 Å². The van der Waals surface area contributed by atoms with Crippen molar-refractivity contribution in [3.63, 3.8) is 0 Å². The summed E-state index contributed by atoms with van der Waals surface area (Å²) in [5, 5.41) is 6.65. The Hall–Kier alpha value is -1.59. The average Bonchev–Trinajstić information content (AvgIpc) is 2.53. The number of hydrogen-bond donors (Lipinski definition) is 2. The van der Waals surface area contributed by atoms with Crippen LogP contribution in [0.4, 0.5) is 0 Å². The molecule has 0 fully saturated rings. The Morgan fingerprint density at radius 3 is 2.79 bits per heavy atom. The number of nitrogens with one attached hydrogen (secondary N) is 1. The molecule has 0 bridgehead atoms. The molecule has 14 heavy (non-hydrogen) atoms. The molecule has 0 aliphatic carbocycles. The molecular formula is C8H15N5O. The number of nitrogens with two attached hydrogens (primary N) is 1. The Morgan fingerprint density at radius 1 is 1.57 bits per heavy atom. The van der Waals surface area contributed by atoms with Gasteiger partial charge in [0.1, 0.15) is 6.04 Å². The predicted octanol–water partition coefficient (Wildman–Crippen LogP) is 0.443. The number of aliphatic imine (C=N–C) groups is 1. The molecule has 6 nitrogen and oxygen atoms in total. The standard InChI is InChI=1S/C8H15N5O/c1-5(2)11-8(9)12-6(3)7-10-4-14-13-7/h4-6H,1-3H3,(H3,9,11,12). The summed E-state index contributed by atoms with van der Waals surface area (Å²) in [5.41, 5.74) is 5.63. The second kappa shape index (κ2) is 4.59. The predicted molar refractivity (Wildman–Crippen MR) is 52.6 cm³/mol. The zero-order valence-electron chi connectivity index (χ0n) is 8.56. The summed E-state index contributed by atoms with van der Waals surface area (Å²) in [6.07, 6.45) is 1.27. The summed E-state index contributed by atoms with van der Waals surface area (Å²) in [7, 11) is 0. The van der Waals surface area contributed by atoms with Gasteiger partial charge in [-0.05, 0) is 20.8 Å². The number of nitrogens with zero attached hydrogens (tertiary/aromatic N) is 3. The van der Waals surface area contributed by atoms with E-state index < -0.39 is 0 Å². The van der Waals surface area contributed by atoms with Gasteiger partial charge in [0.15, 0.2) is 11.8 Å². The number of guanidine groups is 1. The van der Waals surface area contributed by atoms with Crippen LogP contribution < -0.4 is 11.1 Å². The van der Waals surface area contributed by atoms with Crippen molar-refractivity contribution in [1.82, 2.24) is 15.5 Å². The van der Waals surface area contributed by atoms with Gasteiger partial charge in [-0.25, -0.2) is 4.99 Å². The van der Waals surface area contributed by atoms with Gasteiger partial charge in [-0.15, -0.1) is 0 Å². The zero-order chi connectivity index (χ0) is 10.6. The minimum Gasteiger partial charge on any atom is -0.370 e. The summed E-state index contributed by atoms with van der Waals surface area (Å²) in [6.45, 7) is 5.82. The SMILES string of the molecule is CC(C)NC(N)=NC(C)c1ncon1. The van der Waals surface area contributed by atoms with Gasteiger partial charge >= 0.3 is 0 Å². The summed E-state index contributed by atoms with van der Waals surface area (Å²) in [4.78, 5) is 8.04. The van der Waals surface area contributed by atoms with Crippen LogP contribution in [0.25, 0.3) is 0 Å². The van der Waals surface area contributed by atoms with E-state index in [1.807, 2.05) is 20.8 Å². The van der Waals surface area contributed by atoms with Crippen LogP contribution in [0.2, 0.25) is 0 Å². The molecule has 0 amide bonds. The molecule has 0 aliphatic heterocycles. The minimum absolute atomic E-state index is 0.194. The van der Waals surface area contributed by atoms with Crippen LogP contribution in [-0.4, -0.2) is 22.1 Å². The minimum atomic E-state index is -0.194. The average molecular weight is 197 g/mol. The maximum Gasteiger partial charge on any atom is 0.213 e. The second-order valence-electron chi connectivity index (χ2n) is 3.28. The van der Waals surface area contributed by atoms with Crippen molar-refractivity contribution < 1.29 is 4.52 Å². The van der Waals surface area contributed by atoms with Crippen LogP contribution in [0, 0.1) is 0 Å². The van der Waals surface area contributed by atoms with E-state index in [1.54, 1.807) is 0 Å². The van der Waals surface area contributed by atoms with E-state index in [0.29, 0.717) is 11.8 Å². The summed E-state index contributed by atoms with van der Waals surface area (Å²) >= 11 is 0. The van der Waals surface area contributed by atoms with Crippen LogP contribution >= 0.6 is 0 Å². The van der Waals surface area contributed by atoms with Crippen molar-refractivity contribution in [2.75, 3.05) is 0 Å². The third kappa shape index (κ3) is 3.04. The molecular weight excluding hydrogens is 182 g/mol. The zero-order valence-corrected chi connectivity index (χ0v) is 8.56. The molecule has 1 heterocycles. The molecule has 3 N–H and O–H groups in total. The van der Waals surface area contributed by atoms with E-state index in [2.05, 4.69) is 25.0 Å². The third-order valence-corrected chi connectivity index (χ3v) is 1.52. The first-order chi connectivity index (χ1) is 6.59. The molecule has 0 aromatic carbocycles. The van der Waals surface area contributed by atoms with Crippen molar-refractivity contribution >= 4 is 5.96 Å². The Balaban J connectivity index is 2.58. The van der Waals surface area contributed by atoms with Gasteiger partial charge in [-0.2, -0.15) is 4.98 Å². The molecule has 1 atom stereocenters. The highest BCUT2D eigenvalue weighted by Crippen LogP contribution is 2.09. The molecule has 1 unspecified atom stereocenters.